The Kier molecular flexibility index (Phi) is 8.81. The van der Waals surface area contributed by atoms with Gasteiger partial charge >= 0.3 is 0 Å². The third kappa shape index (κ3) is 5.82. The predicted octanol–water partition coefficient (Wildman–Crippen LogP) is 4.94. The Hall–Kier alpha value is -4.16. The van der Waals surface area contributed by atoms with E-state index in [0.717, 1.165) is 40.9 Å². The molecule has 0 saturated carbocycles. The number of nitrogens with zero attached hydrogens (tertiary/aromatic N) is 4. The van der Waals surface area contributed by atoms with Crippen molar-refractivity contribution in [2.24, 2.45) is 11.0 Å². The summed E-state index contributed by atoms with van der Waals surface area (Å²) in [7, 11) is -2.94. The molecule has 5 atom stereocenters. The second-order valence-corrected chi connectivity index (χ2v) is 18.3. The summed E-state index contributed by atoms with van der Waals surface area (Å²) in [4.78, 5) is 56.2. The average Bonchev–Trinajstić information content (AvgIpc) is 3.76. The summed E-state index contributed by atoms with van der Waals surface area (Å²) in [5.74, 6) is -0.773. The van der Waals surface area contributed by atoms with E-state index >= 15 is 0 Å². The van der Waals surface area contributed by atoms with Crippen LogP contribution in [0.25, 0.3) is 0 Å². The standard InChI is InChI=1S/C38H44N4O6Si/c1-25-36(49(2,3)47)33(22-35(45)40-21-9-12-29(40)24-43)48-38(25)30-13-7-8-14-32(30)41(37(38)46)23-26-15-17-28(18-16-26)42-34(44)20-19-31(39-42)27-10-5-4-6-11-27/h4-8,10-11,13-18,25,29,33,36,43,47H,9,12,19-24H2,1-3H3/t25-,29+,33+,36-,38+/m1/s1. The zero-order chi connectivity index (χ0) is 34.5. The topological polar surface area (TPSA) is 123 Å². The number of hydrogen-bond acceptors (Lipinski definition) is 7. The minimum absolute atomic E-state index is 0.0465. The van der Waals surface area contributed by atoms with Crippen LogP contribution in [0.4, 0.5) is 11.4 Å². The lowest BCUT2D eigenvalue weighted by Gasteiger charge is -2.32. The van der Waals surface area contributed by atoms with Gasteiger partial charge in [-0.15, -0.1) is 0 Å². The fourth-order valence-corrected chi connectivity index (χ4v) is 11.1. The van der Waals surface area contributed by atoms with Crippen LogP contribution in [0.2, 0.25) is 18.6 Å². The van der Waals surface area contributed by atoms with Gasteiger partial charge < -0.3 is 24.4 Å². The number of aliphatic hydroxyl groups excluding tert-OH is 1. The highest BCUT2D eigenvalue weighted by molar-refractivity contribution is 6.71. The van der Waals surface area contributed by atoms with Gasteiger partial charge in [0.25, 0.3) is 5.91 Å². The number of ether oxygens (including phenoxy) is 1. The number of aliphatic hydroxyl groups is 1. The predicted molar refractivity (Wildman–Crippen MR) is 189 cm³/mol. The molecule has 4 aliphatic rings. The fraction of sp³-hybridized carbons (Fsp3) is 0.421. The van der Waals surface area contributed by atoms with Crippen molar-refractivity contribution < 1.29 is 29.0 Å². The Bertz CT molecular complexity index is 1780. The van der Waals surface area contributed by atoms with Crippen LogP contribution in [0.5, 0.6) is 0 Å². The zero-order valence-corrected chi connectivity index (χ0v) is 29.3. The van der Waals surface area contributed by atoms with Crippen LogP contribution >= 0.6 is 0 Å². The third-order valence-electron chi connectivity index (χ3n) is 10.8. The fourth-order valence-electron chi connectivity index (χ4n) is 8.55. The van der Waals surface area contributed by atoms with E-state index in [9.17, 15) is 24.3 Å². The van der Waals surface area contributed by atoms with Crippen LogP contribution in [0.3, 0.4) is 0 Å². The highest BCUT2D eigenvalue weighted by Gasteiger charge is 2.66. The van der Waals surface area contributed by atoms with Crippen LogP contribution in [-0.4, -0.2) is 71.9 Å². The van der Waals surface area contributed by atoms with Gasteiger partial charge in [-0.1, -0.05) is 67.6 Å². The molecule has 3 aromatic rings. The molecule has 10 nitrogen and oxygen atoms in total. The molecule has 0 aromatic heterocycles. The van der Waals surface area contributed by atoms with Gasteiger partial charge in [0.2, 0.25) is 11.8 Å². The third-order valence-corrected chi connectivity index (χ3v) is 13.3. The van der Waals surface area contributed by atoms with E-state index in [-0.39, 0.29) is 54.8 Å². The molecule has 7 rings (SSSR count). The number of carbonyl (C=O) groups is 3. The second-order valence-electron chi connectivity index (χ2n) is 14.3. The van der Waals surface area contributed by atoms with E-state index in [0.29, 0.717) is 25.1 Å². The van der Waals surface area contributed by atoms with Crippen molar-refractivity contribution in [2.75, 3.05) is 23.1 Å². The molecular formula is C38H44N4O6Si. The molecule has 2 N–H and O–H groups in total. The van der Waals surface area contributed by atoms with Crippen LogP contribution in [0.1, 0.15) is 55.7 Å². The molecule has 0 bridgehead atoms. The molecule has 4 heterocycles. The Balaban J connectivity index is 1.16. The molecule has 0 unspecified atom stereocenters. The van der Waals surface area contributed by atoms with E-state index < -0.39 is 20.0 Å². The van der Waals surface area contributed by atoms with Gasteiger partial charge in [-0.05, 0) is 55.3 Å². The summed E-state index contributed by atoms with van der Waals surface area (Å²) < 4.78 is 6.84. The first-order valence-electron chi connectivity index (χ1n) is 17.3. The summed E-state index contributed by atoms with van der Waals surface area (Å²) >= 11 is 0. The number of likely N-dealkylation sites (tertiary alicyclic amines) is 1. The summed E-state index contributed by atoms with van der Waals surface area (Å²) in [6.07, 6.45) is 1.96. The summed E-state index contributed by atoms with van der Waals surface area (Å²) in [5.41, 5.74) is 3.16. The number of anilines is 2. The van der Waals surface area contributed by atoms with Crippen molar-refractivity contribution in [3.05, 3.63) is 95.6 Å². The first kappa shape index (κ1) is 33.3. The van der Waals surface area contributed by atoms with Gasteiger partial charge in [0.15, 0.2) is 13.9 Å². The molecule has 1 spiro atoms. The highest BCUT2D eigenvalue weighted by atomic mass is 28.4. The SMILES string of the molecule is C[C@@H]1[C@@H]([Si](C)(C)O)[C@H](CC(=O)N2CCC[C@H]2CO)O[C@@]12C(=O)N(Cc1ccc(N3N=C(c4ccccc4)CCC3=O)cc1)c1ccccc12. The van der Waals surface area contributed by atoms with Crippen molar-refractivity contribution >= 4 is 43.1 Å². The number of para-hydroxylation sites is 1. The van der Waals surface area contributed by atoms with E-state index in [4.69, 9.17) is 4.74 Å². The number of rotatable bonds is 8. The molecule has 0 radical (unpaired) electrons. The Labute approximate surface area is 288 Å². The van der Waals surface area contributed by atoms with Crippen molar-refractivity contribution in [1.82, 2.24) is 4.90 Å². The maximum absolute atomic E-state index is 14.7. The monoisotopic (exact) mass is 680 g/mol. The lowest BCUT2D eigenvalue weighted by molar-refractivity contribution is -0.150. The lowest BCUT2D eigenvalue weighted by Crippen LogP contribution is -2.46. The summed E-state index contributed by atoms with van der Waals surface area (Å²) in [6.45, 7) is 6.46. The quantitative estimate of drug-likeness (QED) is 0.325. The van der Waals surface area contributed by atoms with Crippen molar-refractivity contribution in [1.29, 1.82) is 0 Å². The van der Waals surface area contributed by atoms with Gasteiger partial charge in [-0.2, -0.15) is 5.10 Å². The van der Waals surface area contributed by atoms with E-state index in [1.807, 2.05) is 98.9 Å². The number of benzene rings is 3. The van der Waals surface area contributed by atoms with Crippen LogP contribution in [-0.2, 0) is 31.3 Å². The molecule has 2 saturated heterocycles. The normalized spacial score (nSPS) is 26.9. The average molecular weight is 681 g/mol. The van der Waals surface area contributed by atoms with E-state index in [1.54, 1.807) is 9.80 Å². The molecule has 0 aliphatic carbocycles. The Morgan fingerprint density at radius 1 is 1.00 bits per heavy atom. The number of fused-ring (bicyclic) bond motifs is 2. The molecule has 49 heavy (non-hydrogen) atoms. The van der Waals surface area contributed by atoms with Crippen molar-refractivity contribution in [2.45, 2.75) is 82.0 Å². The largest absolute Gasteiger partial charge is 0.432 e. The molecule has 256 valence electrons. The van der Waals surface area contributed by atoms with Gasteiger partial charge in [0.05, 0.1) is 48.8 Å². The van der Waals surface area contributed by atoms with Gasteiger partial charge in [-0.3, -0.25) is 14.4 Å². The van der Waals surface area contributed by atoms with Gasteiger partial charge in [-0.25, -0.2) is 5.01 Å². The smallest absolute Gasteiger partial charge is 0.264 e. The van der Waals surface area contributed by atoms with E-state index in [1.165, 1.54) is 5.01 Å². The molecule has 4 aliphatic heterocycles. The number of hydrogen-bond donors (Lipinski definition) is 2. The van der Waals surface area contributed by atoms with Crippen molar-refractivity contribution in [3.8, 4) is 0 Å². The minimum atomic E-state index is -2.94. The van der Waals surface area contributed by atoms with Gasteiger partial charge in [0, 0.05) is 36.4 Å². The molecule has 2 fully saturated rings. The van der Waals surface area contributed by atoms with Crippen molar-refractivity contribution in [3.63, 3.8) is 0 Å². The lowest BCUT2D eigenvalue weighted by atomic mass is 9.82. The molecule has 11 heteroatoms. The maximum atomic E-state index is 14.7. The number of carbonyl (C=O) groups excluding carboxylic acids is 3. The first-order valence-corrected chi connectivity index (χ1v) is 20.3. The number of hydrazone groups is 1. The van der Waals surface area contributed by atoms with Crippen LogP contribution in [0.15, 0.2) is 84.0 Å². The van der Waals surface area contributed by atoms with Crippen LogP contribution < -0.4 is 9.91 Å². The highest BCUT2D eigenvalue weighted by Crippen LogP contribution is 2.59. The van der Waals surface area contributed by atoms with Crippen LogP contribution in [0, 0.1) is 5.92 Å². The zero-order valence-electron chi connectivity index (χ0n) is 28.3. The van der Waals surface area contributed by atoms with E-state index in [2.05, 4.69) is 5.10 Å². The first-order chi connectivity index (χ1) is 23.5. The Morgan fingerprint density at radius 3 is 2.43 bits per heavy atom. The molecule has 3 amide bonds. The molecule has 3 aromatic carbocycles. The second kappa shape index (κ2) is 12.9. The van der Waals surface area contributed by atoms with Gasteiger partial charge in [0.1, 0.15) is 0 Å². The minimum Gasteiger partial charge on any atom is -0.432 e. The maximum Gasteiger partial charge on any atom is 0.264 e. The molecular weight excluding hydrogens is 637 g/mol. The summed E-state index contributed by atoms with van der Waals surface area (Å²) in [6, 6.07) is 24.8. The Morgan fingerprint density at radius 2 is 1.71 bits per heavy atom. The number of amides is 3. The summed E-state index contributed by atoms with van der Waals surface area (Å²) in [5, 5.41) is 16.0.